The van der Waals surface area contributed by atoms with Crippen LogP contribution in [0.2, 0.25) is 0 Å². The van der Waals surface area contributed by atoms with Crippen LogP contribution in [0, 0.1) is 9.39 Å². The first-order chi connectivity index (χ1) is 11.0. The Hall–Kier alpha value is -1.62. The fourth-order valence-corrected chi connectivity index (χ4v) is 2.23. The number of aliphatic hydroxyl groups is 2. The van der Waals surface area contributed by atoms with Crippen LogP contribution in [0.1, 0.15) is 10.4 Å². The number of rotatable bonds is 7. The zero-order valence-corrected chi connectivity index (χ0v) is 14.0. The first-order valence-corrected chi connectivity index (χ1v) is 7.69. The van der Waals surface area contributed by atoms with Gasteiger partial charge >= 0.3 is 0 Å². The first-order valence-electron chi connectivity index (χ1n) is 6.61. The van der Waals surface area contributed by atoms with Crippen molar-refractivity contribution in [3.05, 3.63) is 51.6 Å². The molecule has 0 saturated heterocycles. The molecular formula is C15H14FIN2O4. The second-order valence-corrected chi connectivity index (χ2v) is 5.79. The molecular weight excluding hydrogens is 418 g/mol. The number of carbonyl (C=O) groups is 1. The normalized spacial score (nSPS) is 12.0. The fourth-order valence-electron chi connectivity index (χ4n) is 1.78. The van der Waals surface area contributed by atoms with Gasteiger partial charge in [0.25, 0.3) is 0 Å². The molecule has 2 rings (SSSR count). The Morgan fingerprint density at radius 3 is 2.87 bits per heavy atom. The molecule has 23 heavy (non-hydrogen) atoms. The van der Waals surface area contributed by atoms with E-state index in [0.717, 1.165) is 3.57 Å². The van der Waals surface area contributed by atoms with Crippen molar-refractivity contribution in [2.24, 2.45) is 0 Å². The zero-order chi connectivity index (χ0) is 16.8. The van der Waals surface area contributed by atoms with Crippen LogP contribution in [-0.4, -0.2) is 40.5 Å². The van der Waals surface area contributed by atoms with Gasteiger partial charge in [-0.1, -0.05) is 0 Å². The van der Waals surface area contributed by atoms with Gasteiger partial charge < -0.3 is 20.3 Å². The average molecular weight is 432 g/mol. The minimum atomic E-state index is -1.43. The molecule has 0 aliphatic rings. The third-order valence-corrected chi connectivity index (χ3v) is 3.56. The molecule has 0 spiro atoms. The Balaban J connectivity index is 2.18. The zero-order valence-electron chi connectivity index (χ0n) is 11.9. The van der Waals surface area contributed by atoms with Gasteiger partial charge in [0.1, 0.15) is 12.4 Å². The predicted molar refractivity (Wildman–Crippen MR) is 90.0 cm³/mol. The van der Waals surface area contributed by atoms with Crippen molar-refractivity contribution in [1.29, 1.82) is 0 Å². The standard InChI is InChI=1S/C15H14FIN2O4/c16-11-5-9(17)1-2-12(11)19-13-6-18-4-3-10(13)14(21)8-23-15(22)7-20/h1-6,15,19-20,22H,7-8H2/t15-/m0/s1. The summed E-state index contributed by atoms with van der Waals surface area (Å²) < 4.78 is 19.4. The number of nitrogens with one attached hydrogen (secondary N) is 1. The molecule has 1 aromatic heterocycles. The number of pyridine rings is 1. The van der Waals surface area contributed by atoms with Gasteiger partial charge in [-0.05, 0) is 46.9 Å². The lowest BCUT2D eigenvalue weighted by atomic mass is 10.1. The van der Waals surface area contributed by atoms with Gasteiger partial charge in [0, 0.05) is 15.3 Å². The second kappa shape index (κ2) is 8.29. The minimum absolute atomic E-state index is 0.212. The van der Waals surface area contributed by atoms with Crippen molar-refractivity contribution in [2.75, 3.05) is 18.5 Å². The van der Waals surface area contributed by atoms with E-state index in [1.165, 1.54) is 24.5 Å². The molecule has 6 nitrogen and oxygen atoms in total. The minimum Gasteiger partial charge on any atom is -0.391 e. The lowest BCUT2D eigenvalue weighted by Gasteiger charge is -2.13. The summed E-state index contributed by atoms with van der Waals surface area (Å²) in [5.74, 6) is -0.889. The summed E-state index contributed by atoms with van der Waals surface area (Å²) in [5, 5.41) is 20.6. The number of hydrogen-bond donors (Lipinski definition) is 3. The molecule has 0 fully saturated rings. The highest BCUT2D eigenvalue weighted by molar-refractivity contribution is 14.1. The van der Waals surface area contributed by atoms with Gasteiger partial charge in [0.2, 0.25) is 0 Å². The molecule has 8 heteroatoms. The molecule has 122 valence electrons. The number of ether oxygens (including phenoxy) is 1. The van der Waals surface area contributed by atoms with Crippen molar-refractivity contribution in [3.8, 4) is 0 Å². The third-order valence-electron chi connectivity index (χ3n) is 2.88. The van der Waals surface area contributed by atoms with Crippen LogP contribution in [0.5, 0.6) is 0 Å². The van der Waals surface area contributed by atoms with E-state index in [2.05, 4.69) is 10.3 Å². The molecule has 3 N–H and O–H groups in total. The molecule has 0 saturated carbocycles. The number of aromatic nitrogens is 1. The van der Waals surface area contributed by atoms with E-state index in [-0.39, 0.29) is 11.3 Å². The van der Waals surface area contributed by atoms with Gasteiger partial charge in [0.05, 0.1) is 24.2 Å². The Morgan fingerprint density at radius 2 is 2.17 bits per heavy atom. The Morgan fingerprint density at radius 1 is 1.39 bits per heavy atom. The number of anilines is 2. The molecule has 0 aliphatic heterocycles. The monoisotopic (exact) mass is 432 g/mol. The van der Waals surface area contributed by atoms with Crippen molar-refractivity contribution in [2.45, 2.75) is 6.29 Å². The number of benzene rings is 1. The largest absolute Gasteiger partial charge is 0.391 e. The first kappa shape index (κ1) is 17.7. The summed E-state index contributed by atoms with van der Waals surface area (Å²) >= 11 is 2.00. The third kappa shape index (κ3) is 4.93. The van der Waals surface area contributed by atoms with E-state index in [0.29, 0.717) is 5.69 Å². The Kier molecular flexibility index (Phi) is 6.39. The predicted octanol–water partition coefficient (Wildman–Crippen LogP) is 2.08. The van der Waals surface area contributed by atoms with Crippen molar-refractivity contribution in [3.63, 3.8) is 0 Å². The van der Waals surface area contributed by atoms with E-state index in [1.807, 2.05) is 22.6 Å². The van der Waals surface area contributed by atoms with Crippen LogP contribution in [0.25, 0.3) is 0 Å². The molecule has 2 aromatic rings. The van der Waals surface area contributed by atoms with E-state index in [1.54, 1.807) is 12.1 Å². The topological polar surface area (TPSA) is 91.7 Å². The molecule has 0 unspecified atom stereocenters. The SMILES string of the molecule is O=C(CO[C@H](O)CO)c1ccncc1Nc1ccc(I)cc1F. The number of nitrogens with zero attached hydrogens (tertiary/aromatic N) is 1. The molecule has 0 amide bonds. The smallest absolute Gasteiger partial charge is 0.190 e. The maximum atomic E-state index is 13.9. The van der Waals surface area contributed by atoms with Crippen LogP contribution in [0.4, 0.5) is 15.8 Å². The van der Waals surface area contributed by atoms with Gasteiger partial charge in [-0.2, -0.15) is 0 Å². The Labute approximate surface area is 145 Å². The maximum Gasteiger partial charge on any atom is 0.190 e. The van der Waals surface area contributed by atoms with Crippen LogP contribution < -0.4 is 5.32 Å². The molecule has 0 bridgehead atoms. The highest BCUT2D eigenvalue weighted by Gasteiger charge is 2.15. The number of halogens is 2. The maximum absolute atomic E-state index is 13.9. The van der Waals surface area contributed by atoms with E-state index in [9.17, 15) is 9.18 Å². The number of hydrogen-bond acceptors (Lipinski definition) is 6. The van der Waals surface area contributed by atoms with E-state index < -0.39 is 31.1 Å². The van der Waals surface area contributed by atoms with Crippen molar-refractivity contribution >= 4 is 39.7 Å². The number of carbonyl (C=O) groups excluding carboxylic acids is 1. The van der Waals surface area contributed by atoms with Crippen LogP contribution in [0.15, 0.2) is 36.7 Å². The van der Waals surface area contributed by atoms with Crippen molar-refractivity contribution < 1.29 is 24.1 Å². The number of Topliss-reactive ketones (excluding diaryl/α,β-unsaturated/α-hetero) is 1. The van der Waals surface area contributed by atoms with E-state index >= 15 is 0 Å². The lowest BCUT2D eigenvalue weighted by molar-refractivity contribution is -0.116. The van der Waals surface area contributed by atoms with Crippen LogP contribution in [-0.2, 0) is 4.74 Å². The van der Waals surface area contributed by atoms with Gasteiger partial charge in [-0.15, -0.1) is 0 Å². The fraction of sp³-hybridized carbons (Fsp3) is 0.200. The average Bonchev–Trinajstić information content (AvgIpc) is 2.55. The summed E-state index contributed by atoms with van der Waals surface area (Å²) in [5.41, 5.74) is 0.770. The molecule has 1 atom stereocenters. The van der Waals surface area contributed by atoms with Crippen LogP contribution >= 0.6 is 22.6 Å². The summed E-state index contributed by atoms with van der Waals surface area (Å²) in [6.07, 6.45) is 1.39. The molecule has 1 heterocycles. The molecule has 0 radical (unpaired) electrons. The van der Waals surface area contributed by atoms with Gasteiger partial charge in [-0.3, -0.25) is 9.78 Å². The van der Waals surface area contributed by atoms with Gasteiger partial charge in [0.15, 0.2) is 12.1 Å². The highest BCUT2D eigenvalue weighted by Crippen LogP contribution is 2.24. The number of aliphatic hydroxyl groups excluding tert-OH is 2. The molecule has 0 aliphatic carbocycles. The molecule has 1 aromatic carbocycles. The lowest BCUT2D eigenvalue weighted by Crippen LogP contribution is -2.21. The van der Waals surface area contributed by atoms with E-state index in [4.69, 9.17) is 14.9 Å². The second-order valence-electron chi connectivity index (χ2n) is 4.54. The summed E-state index contributed by atoms with van der Waals surface area (Å²) in [4.78, 5) is 16.0. The van der Waals surface area contributed by atoms with Crippen molar-refractivity contribution in [1.82, 2.24) is 4.98 Å². The highest BCUT2D eigenvalue weighted by atomic mass is 127. The summed E-state index contributed by atoms with van der Waals surface area (Å²) in [6, 6.07) is 6.11. The summed E-state index contributed by atoms with van der Waals surface area (Å²) in [7, 11) is 0. The van der Waals surface area contributed by atoms with Crippen LogP contribution in [0.3, 0.4) is 0 Å². The Bertz CT molecular complexity index is 699. The van der Waals surface area contributed by atoms with Gasteiger partial charge in [-0.25, -0.2) is 4.39 Å². The quantitative estimate of drug-likeness (QED) is 0.353. The summed E-state index contributed by atoms with van der Waals surface area (Å²) in [6.45, 7) is -1.03. The number of ketones is 1.